The minimum Gasteiger partial charge on any atom is -0.392 e. The molecule has 0 unspecified atom stereocenters. The quantitative estimate of drug-likeness (QED) is 0.303. The van der Waals surface area contributed by atoms with Crippen molar-refractivity contribution >= 4 is 11.8 Å². The molecule has 1 saturated heterocycles. The summed E-state index contributed by atoms with van der Waals surface area (Å²) in [6.45, 7) is 7.11. The lowest BCUT2D eigenvalue weighted by Crippen LogP contribution is -2.28. The van der Waals surface area contributed by atoms with Crippen molar-refractivity contribution < 1.29 is 24.5 Å². The molecule has 0 aromatic heterocycles. The molecular formula is C24H37NO5. The van der Waals surface area contributed by atoms with Crippen LogP contribution in [0.5, 0.6) is 0 Å². The predicted octanol–water partition coefficient (Wildman–Crippen LogP) is 2.72. The van der Waals surface area contributed by atoms with E-state index < -0.39 is 12.2 Å². The van der Waals surface area contributed by atoms with Crippen molar-refractivity contribution in [2.24, 2.45) is 17.3 Å². The smallest absolute Gasteiger partial charge is 0.226 e. The first kappa shape index (κ1) is 24.6. The van der Waals surface area contributed by atoms with E-state index in [0.717, 1.165) is 25.7 Å². The van der Waals surface area contributed by atoms with E-state index in [1.165, 1.54) is 6.92 Å². The Labute approximate surface area is 180 Å². The number of amides is 2. The second kappa shape index (κ2) is 11.1. The van der Waals surface area contributed by atoms with Gasteiger partial charge in [-0.1, -0.05) is 32.4 Å². The zero-order valence-electron chi connectivity index (χ0n) is 18.7. The molecule has 0 bridgehead atoms. The summed E-state index contributed by atoms with van der Waals surface area (Å²) in [5.41, 5.74) is -0.341. The van der Waals surface area contributed by atoms with Crippen molar-refractivity contribution in [2.75, 3.05) is 0 Å². The molecule has 2 rings (SSSR count). The van der Waals surface area contributed by atoms with Crippen LogP contribution in [0.4, 0.5) is 0 Å². The molecule has 1 aliphatic heterocycles. The Morgan fingerprint density at radius 1 is 1.30 bits per heavy atom. The maximum Gasteiger partial charge on any atom is 0.226 e. The molecule has 6 nitrogen and oxygen atoms in total. The van der Waals surface area contributed by atoms with Gasteiger partial charge in [-0.25, -0.2) is 0 Å². The highest BCUT2D eigenvalue weighted by Gasteiger charge is 2.47. The lowest BCUT2D eigenvalue weighted by atomic mass is 9.82. The van der Waals surface area contributed by atoms with Gasteiger partial charge in [0, 0.05) is 37.5 Å². The van der Waals surface area contributed by atoms with Crippen molar-refractivity contribution in [3.63, 3.8) is 0 Å². The molecule has 6 atom stereocenters. The Kier molecular flexibility index (Phi) is 9.09. The lowest BCUT2D eigenvalue weighted by molar-refractivity contribution is -0.129. The van der Waals surface area contributed by atoms with E-state index in [1.807, 2.05) is 26.0 Å². The second-order valence-corrected chi connectivity index (χ2v) is 9.35. The van der Waals surface area contributed by atoms with Crippen LogP contribution in [0.2, 0.25) is 0 Å². The fourth-order valence-electron chi connectivity index (χ4n) is 4.46. The Morgan fingerprint density at radius 2 is 2.03 bits per heavy atom. The summed E-state index contributed by atoms with van der Waals surface area (Å²) in [5.74, 6) is 5.60. The first-order valence-corrected chi connectivity index (χ1v) is 11.0. The number of hydrogen-bond donors (Lipinski definition) is 3. The number of aliphatic hydroxyl groups excluding tert-OH is 2. The summed E-state index contributed by atoms with van der Waals surface area (Å²) < 4.78 is 6.16. The van der Waals surface area contributed by atoms with Gasteiger partial charge in [0.25, 0.3) is 0 Å². The molecular weight excluding hydrogens is 382 g/mol. The predicted molar refractivity (Wildman–Crippen MR) is 115 cm³/mol. The van der Waals surface area contributed by atoms with Crippen molar-refractivity contribution in [1.29, 1.82) is 0 Å². The average Bonchev–Trinajstić information content (AvgIpc) is 3.17. The molecule has 3 N–H and O–H groups in total. The maximum absolute atomic E-state index is 11.5. The van der Waals surface area contributed by atoms with Gasteiger partial charge in [0.05, 0.1) is 24.4 Å². The van der Waals surface area contributed by atoms with Crippen molar-refractivity contribution in [3.05, 3.63) is 12.2 Å². The number of nitrogens with one attached hydrogen (secondary N) is 1. The number of fused-ring (bicyclic) bond motifs is 1. The van der Waals surface area contributed by atoms with E-state index in [1.54, 1.807) is 6.92 Å². The SMILES string of the molecule is CC#CCC(C)(C)[C@H](O)/C=C/[C@@H]1[C@H]2C[C@@H](CCCCC(=O)NC(C)=O)O[C@H]2C[C@H]1O. The van der Waals surface area contributed by atoms with Crippen LogP contribution in [0.25, 0.3) is 0 Å². The van der Waals surface area contributed by atoms with E-state index >= 15 is 0 Å². The van der Waals surface area contributed by atoms with Crippen molar-refractivity contribution in [1.82, 2.24) is 5.32 Å². The molecule has 6 heteroatoms. The Bertz CT molecular complexity index is 689. The monoisotopic (exact) mass is 419 g/mol. The highest BCUT2D eigenvalue weighted by molar-refractivity contribution is 5.93. The van der Waals surface area contributed by atoms with Gasteiger partial charge in [0.15, 0.2) is 0 Å². The standard InChI is InChI=1S/C24H37NO5/c1-5-6-13-24(3,4)22(28)12-11-18-19-14-17(30-21(19)15-20(18)27)9-7-8-10-23(29)25-16(2)26/h11-12,17-22,27-28H,7-10,13-15H2,1-4H3,(H,25,26,29)/b12-11+/t17-,18-,19-,20-,21+,22-/m1/s1. The number of unbranched alkanes of at least 4 members (excludes halogenated alkanes) is 1. The van der Waals surface area contributed by atoms with Crippen LogP contribution in [0.1, 0.15) is 72.6 Å². The third kappa shape index (κ3) is 6.94. The van der Waals surface area contributed by atoms with E-state index in [2.05, 4.69) is 17.2 Å². The molecule has 0 radical (unpaired) electrons. The van der Waals surface area contributed by atoms with E-state index in [4.69, 9.17) is 4.74 Å². The molecule has 1 aliphatic carbocycles. The van der Waals surface area contributed by atoms with Crippen LogP contribution in [-0.2, 0) is 14.3 Å². The number of hydrogen-bond acceptors (Lipinski definition) is 5. The fraction of sp³-hybridized carbons (Fsp3) is 0.750. The van der Waals surface area contributed by atoms with E-state index in [-0.39, 0.29) is 41.3 Å². The molecule has 0 aromatic carbocycles. The largest absolute Gasteiger partial charge is 0.392 e. The molecule has 2 fully saturated rings. The van der Waals surface area contributed by atoms with Gasteiger partial charge in [-0.2, -0.15) is 0 Å². The van der Waals surface area contributed by atoms with Crippen molar-refractivity contribution in [3.8, 4) is 11.8 Å². The summed E-state index contributed by atoms with van der Waals surface area (Å²) in [6, 6.07) is 0. The molecule has 2 aliphatic rings. The van der Waals surface area contributed by atoms with Gasteiger partial charge in [-0.15, -0.1) is 11.8 Å². The third-order valence-electron chi connectivity index (χ3n) is 6.32. The van der Waals surface area contributed by atoms with E-state index in [9.17, 15) is 19.8 Å². The Morgan fingerprint density at radius 3 is 2.70 bits per heavy atom. The van der Waals surface area contributed by atoms with Gasteiger partial charge in [0.1, 0.15) is 0 Å². The minimum absolute atomic E-state index is 0.0101. The van der Waals surface area contributed by atoms with Crippen molar-refractivity contribution in [2.45, 2.75) is 97.1 Å². The number of rotatable bonds is 9. The summed E-state index contributed by atoms with van der Waals surface area (Å²) >= 11 is 0. The Hall–Kier alpha value is -1.68. The van der Waals surface area contributed by atoms with Crippen LogP contribution in [0.3, 0.4) is 0 Å². The van der Waals surface area contributed by atoms with Gasteiger partial charge in [0.2, 0.25) is 11.8 Å². The van der Waals surface area contributed by atoms with Crippen LogP contribution < -0.4 is 5.32 Å². The summed E-state index contributed by atoms with van der Waals surface area (Å²) in [5, 5.41) is 23.3. The summed E-state index contributed by atoms with van der Waals surface area (Å²) in [7, 11) is 0. The van der Waals surface area contributed by atoms with Crippen LogP contribution >= 0.6 is 0 Å². The molecule has 1 heterocycles. The molecule has 1 saturated carbocycles. The molecule has 168 valence electrons. The van der Waals surface area contributed by atoms with Gasteiger partial charge < -0.3 is 14.9 Å². The number of carbonyl (C=O) groups is 2. The second-order valence-electron chi connectivity index (χ2n) is 9.35. The lowest BCUT2D eigenvalue weighted by Gasteiger charge is -2.27. The van der Waals surface area contributed by atoms with E-state index in [0.29, 0.717) is 19.3 Å². The van der Waals surface area contributed by atoms with Gasteiger partial charge in [-0.3, -0.25) is 14.9 Å². The fourth-order valence-corrected chi connectivity index (χ4v) is 4.46. The summed E-state index contributed by atoms with van der Waals surface area (Å²) in [4.78, 5) is 22.4. The van der Waals surface area contributed by atoms with Gasteiger partial charge >= 0.3 is 0 Å². The zero-order chi connectivity index (χ0) is 22.3. The highest BCUT2D eigenvalue weighted by atomic mass is 16.5. The Balaban J connectivity index is 1.81. The zero-order valence-corrected chi connectivity index (χ0v) is 18.7. The first-order valence-electron chi connectivity index (χ1n) is 11.0. The molecule has 0 spiro atoms. The summed E-state index contributed by atoms with van der Waals surface area (Å²) in [6.07, 6.45) is 7.84. The molecule has 30 heavy (non-hydrogen) atoms. The van der Waals surface area contributed by atoms with Crippen LogP contribution in [0.15, 0.2) is 12.2 Å². The average molecular weight is 420 g/mol. The van der Waals surface area contributed by atoms with Gasteiger partial charge in [-0.05, 0) is 32.1 Å². The van der Waals surface area contributed by atoms with Crippen LogP contribution in [-0.4, -0.2) is 46.4 Å². The number of imide groups is 1. The van der Waals surface area contributed by atoms with Crippen LogP contribution in [0, 0.1) is 29.1 Å². The maximum atomic E-state index is 11.5. The topological polar surface area (TPSA) is 95.9 Å². The third-order valence-corrected chi connectivity index (χ3v) is 6.32. The normalized spacial score (nSPS) is 29.3. The number of carbonyl (C=O) groups excluding carboxylic acids is 2. The number of aliphatic hydroxyl groups is 2. The minimum atomic E-state index is -0.621. The highest BCUT2D eigenvalue weighted by Crippen LogP contribution is 2.45. The number of ether oxygens (including phenoxy) is 1. The molecule has 0 aromatic rings. The first-order chi connectivity index (χ1) is 14.1. The molecule has 2 amide bonds.